The Kier molecular flexibility index (Phi) is 5.76. The molecule has 0 aliphatic carbocycles. The molecule has 102 valence electrons. The zero-order chi connectivity index (χ0) is 13.8. The first-order chi connectivity index (χ1) is 8.41. The molecule has 0 saturated carbocycles. The maximum Gasteiger partial charge on any atom is 0.142 e. The molecule has 4 heteroatoms. The van der Waals surface area contributed by atoms with E-state index in [4.69, 9.17) is 4.74 Å². The molecule has 0 heterocycles. The van der Waals surface area contributed by atoms with Crippen LogP contribution in [0.5, 0.6) is 0 Å². The van der Waals surface area contributed by atoms with Crippen molar-refractivity contribution in [1.82, 2.24) is 5.32 Å². The molecule has 1 aromatic carbocycles. The van der Waals surface area contributed by atoms with Gasteiger partial charge in [-0.1, -0.05) is 12.1 Å². The van der Waals surface area contributed by atoms with Crippen molar-refractivity contribution >= 4 is 15.9 Å². The fraction of sp³-hybridized carbons (Fsp3) is 0.571. The lowest BCUT2D eigenvalue weighted by atomic mass is 9.95. The van der Waals surface area contributed by atoms with Gasteiger partial charge in [0.1, 0.15) is 5.82 Å². The molecule has 1 aromatic rings. The van der Waals surface area contributed by atoms with Crippen LogP contribution in [0, 0.1) is 5.82 Å². The minimum absolute atomic E-state index is 0.00285. The zero-order valence-corrected chi connectivity index (χ0v) is 13.0. The minimum Gasteiger partial charge on any atom is -0.379 e. The second-order valence-corrected chi connectivity index (χ2v) is 5.84. The molecule has 1 atom stereocenters. The van der Waals surface area contributed by atoms with Gasteiger partial charge in [-0.3, -0.25) is 0 Å². The van der Waals surface area contributed by atoms with Gasteiger partial charge in [0.25, 0.3) is 0 Å². The monoisotopic (exact) mass is 317 g/mol. The molecule has 1 N–H and O–H groups in total. The predicted octanol–water partition coefficient (Wildman–Crippen LogP) is 4.05. The van der Waals surface area contributed by atoms with Crippen LogP contribution in [0.3, 0.4) is 0 Å². The lowest BCUT2D eigenvalue weighted by Crippen LogP contribution is -2.26. The summed E-state index contributed by atoms with van der Waals surface area (Å²) >= 11 is 3.22. The number of nitrogens with one attached hydrogen (secondary N) is 1. The summed E-state index contributed by atoms with van der Waals surface area (Å²) < 4.78 is 19.9. The molecule has 0 aliphatic rings. The van der Waals surface area contributed by atoms with Gasteiger partial charge in [0, 0.05) is 18.7 Å². The largest absolute Gasteiger partial charge is 0.379 e. The van der Waals surface area contributed by atoms with Crippen LogP contribution in [-0.4, -0.2) is 19.8 Å². The van der Waals surface area contributed by atoms with Crippen molar-refractivity contribution < 1.29 is 9.13 Å². The van der Waals surface area contributed by atoms with Crippen molar-refractivity contribution in [3.63, 3.8) is 0 Å². The van der Waals surface area contributed by atoms with Gasteiger partial charge in [-0.25, -0.2) is 4.39 Å². The van der Waals surface area contributed by atoms with E-state index in [9.17, 15) is 4.39 Å². The van der Waals surface area contributed by atoms with Crippen LogP contribution in [-0.2, 0) is 4.74 Å². The smallest absolute Gasteiger partial charge is 0.142 e. The Hall–Kier alpha value is -0.450. The van der Waals surface area contributed by atoms with Gasteiger partial charge in [0.05, 0.1) is 10.1 Å². The van der Waals surface area contributed by atoms with E-state index in [1.165, 1.54) is 0 Å². The molecule has 0 saturated heterocycles. The van der Waals surface area contributed by atoms with Crippen molar-refractivity contribution in [2.24, 2.45) is 0 Å². The Bertz CT molecular complexity index is 395. The fourth-order valence-corrected chi connectivity index (χ4v) is 2.22. The third kappa shape index (κ3) is 4.04. The number of ether oxygens (including phenoxy) is 1. The highest BCUT2D eigenvalue weighted by molar-refractivity contribution is 9.10. The third-order valence-corrected chi connectivity index (χ3v) is 3.91. The van der Waals surface area contributed by atoms with Crippen LogP contribution < -0.4 is 5.32 Å². The molecule has 0 spiro atoms. The molecule has 0 bridgehead atoms. The van der Waals surface area contributed by atoms with Crippen LogP contribution in [0.4, 0.5) is 4.39 Å². The van der Waals surface area contributed by atoms with E-state index in [2.05, 4.69) is 21.2 Å². The Morgan fingerprint density at radius 2 is 2.11 bits per heavy atom. The first-order valence-electron chi connectivity index (χ1n) is 6.07. The molecule has 2 nitrogen and oxygen atoms in total. The van der Waals surface area contributed by atoms with E-state index in [0.29, 0.717) is 10.0 Å². The molecule has 1 unspecified atom stereocenters. The molecule has 0 radical (unpaired) electrons. The molecule has 0 amide bonds. The van der Waals surface area contributed by atoms with Crippen LogP contribution in [0.1, 0.15) is 38.3 Å². The molecule has 18 heavy (non-hydrogen) atoms. The van der Waals surface area contributed by atoms with Crippen LogP contribution >= 0.6 is 15.9 Å². The molecule has 0 aliphatic heterocycles. The normalized spacial score (nSPS) is 13.7. The topological polar surface area (TPSA) is 21.3 Å². The molecular weight excluding hydrogens is 297 g/mol. The van der Waals surface area contributed by atoms with Gasteiger partial charge in [0.2, 0.25) is 0 Å². The van der Waals surface area contributed by atoms with Crippen LogP contribution in [0.25, 0.3) is 0 Å². The van der Waals surface area contributed by atoms with Gasteiger partial charge in [-0.05, 0) is 55.7 Å². The van der Waals surface area contributed by atoms with Crippen molar-refractivity contribution in [3.05, 3.63) is 34.1 Å². The van der Waals surface area contributed by atoms with E-state index >= 15 is 0 Å². The molecular formula is C14H21BrFNO. The fourth-order valence-electron chi connectivity index (χ4n) is 1.84. The van der Waals surface area contributed by atoms with Crippen molar-refractivity contribution in [2.45, 2.75) is 38.3 Å². The standard InChI is InChI=1S/C14H21BrFNO/c1-14(2,18-4)9-8-12(17-3)10-6-5-7-11(15)13(10)16/h5-7,12,17H,8-9H2,1-4H3. The average molecular weight is 318 g/mol. The van der Waals surface area contributed by atoms with Gasteiger partial charge >= 0.3 is 0 Å². The predicted molar refractivity (Wildman–Crippen MR) is 76.2 cm³/mol. The van der Waals surface area contributed by atoms with Gasteiger partial charge < -0.3 is 10.1 Å². The van der Waals surface area contributed by atoms with E-state index in [0.717, 1.165) is 12.8 Å². The zero-order valence-electron chi connectivity index (χ0n) is 11.4. The van der Waals surface area contributed by atoms with Crippen molar-refractivity contribution in [2.75, 3.05) is 14.2 Å². The van der Waals surface area contributed by atoms with E-state index in [-0.39, 0.29) is 17.5 Å². The lowest BCUT2D eigenvalue weighted by molar-refractivity contribution is 0.0117. The van der Waals surface area contributed by atoms with Crippen molar-refractivity contribution in [1.29, 1.82) is 0 Å². The van der Waals surface area contributed by atoms with E-state index in [1.807, 2.05) is 33.0 Å². The number of methoxy groups -OCH3 is 1. The molecule has 0 fully saturated rings. The van der Waals surface area contributed by atoms with E-state index < -0.39 is 0 Å². The number of benzene rings is 1. The summed E-state index contributed by atoms with van der Waals surface area (Å²) in [4.78, 5) is 0. The SMILES string of the molecule is CNC(CCC(C)(C)OC)c1cccc(Br)c1F. The number of halogens is 2. The first kappa shape index (κ1) is 15.6. The second-order valence-electron chi connectivity index (χ2n) is 4.99. The molecule has 1 rings (SSSR count). The minimum atomic E-state index is -0.188. The summed E-state index contributed by atoms with van der Waals surface area (Å²) in [5, 5.41) is 3.17. The first-order valence-corrected chi connectivity index (χ1v) is 6.87. The van der Waals surface area contributed by atoms with E-state index in [1.54, 1.807) is 13.2 Å². The second kappa shape index (κ2) is 6.64. The third-order valence-electron chi connectivity index (χ3n) is 3.29. The summed E-state index contributed by atoms with van der Waals surface area (Å²) in [5.41, 5.74) is 0.510. The summed E-state index contributed by atoms with van der Waals surface area (Å²) in [5.74, 6) is -0.188. The number of hydrogen-bond acceptors (Lipinski definition) is 2. The van der Waals surface area contributed by atoms with Crippen LogP contribution in [0.15, 0.2) is 22.7 Å². The van der Waals surface area contributed by atoms with Crippen molar-refractivity contribution in [3.8, 4) is 0 Å². The summed E-state index contributed by atoms with van der Waals surface area (Å²) in [6.07, 6.45) is 1.69. The van der Waals surface area contributed by atoms with Gasteiger partial charge in [-0.15, -0.1) is 0 Å². The van der Waals surface area contributed by atoms with Gasteiger partial charge in [-0.2, -0.15) is 0 Å². The Morgan fingerprint density at radius 3 is 2.67 bits per heavy atom. The molecule has 0 aromatic heterocycles. The quantitative estimate of drug-likeness (QED) is 0.854. The summed E-state index contributed by atoms with van der Waals surface area (Å²) in [7, 11) is 3.55. The Morgan fingerprint density at radius 1 is 1.44 bits per heavy atom. The summed E-state index contributed by atoms with van der Waals surface area (Å²) in [6, 6.07) is 5.39. The Labute approximate surface area is 117 Å². The maximum atomic E-state index is 14.0. The summed E-state index contributed by atoms with van der Waals surface area (Å²) in [6.45, 7) is 4.08. The van der Waals surface area contributed by atoms with Crippen LogP contribution in [0.2, 0.25) is 0 Å². The highest BCUT2D eigenvalue weighted by atomic mass is 79.9. The lowest BCUT2D eigenvalue weighted by Gasteiger charge is -2.26. The van der Waals surface area contributed by atoms with Gasteiger partial charge in [0.15, 0.2) is 0 Å². The Balaban J connectivity index is 2.81. The maximum absolute atomic E-state index is 14.0. The highest BCUT2D eigenvalue weighted by Gasteiger charge is 2.21. The number of hydrogen-bond donors (Lipinski definition) is 1. The average Bonchev–Trinajstić information content (AvgIpc) is 2.35. The number of rotatable bonds is 6. The highest BCUT2D eigenvalue weighted by Crippen LogP contribution is 2.28.